The number of nitrogens with one attached hydrogen (secondary N) is 2. The summed E-state index contributed by atoms with van der Waals surface area (Å²) < 4.78 is 0. The summed E-state index contributed by atoms with van der Waals surface area (Å²) in [5, 5.41) is 13.6. The number of nitrogens with zero attached hydrogens (tertiary/aromatic N) is 3. The number of rotatable bonds is 6. The molecule has 1 amide bonds. The average molecular weight is 305 g/mol. The lowest BCUT2D eigenvalue weighted by Crippen LogP contribution is -2.52. The molecule has 6 nitrogen and oxygen atoms in total. The lowest BCUT2D eigenvalue weighted by Gasteiger charge is -2.41. The van der Waals surface area contributed by atoms with Gasteiger partial charge in [-0.2, -0.15) is 15.4 Å². The zero-order valence-corrected chi connectivity index (χ0v) is 13.6. The second-order valence-corrected chi connectivity index (χ2v) is 6.98. The number of aromatic nitrogens is 3. The molecule has 3 heterocycles. The highest BCUT2D eigenvalue weighted by Crippen LogP contribution is 2.37. The maximum absolute atomic E-state index is 12.1. The number of fused-ring (bicyclic) bond motifs is 2. The first kappa shape index (κ1) is 15.5. The average Bonchev–Trinajstić information content (AvgIpc) is 3.06. The van der Waals surface area contributed by atoms with E-state index in [1.807, 2.05) is 0 Å². The Balaban J connectivity index is 1.41. The summed E-state index contributed by atoms with van der Waals surface area (Å²) in [6.45, 7) is 4.57. The van der Waals surface area contributed by atoms with Crippen molar-refractivity contribution in [3.05, 3.63) is 11.9 Å². The van der Waals surface area contributed by atoms with Crippen LogP contribution in [0.1, 0.15) is 58.1 Å². The molecule has 0 saturated carbocycles. The van der Waals surface area contributed by atoms with Crippen molar-refractivity contribution in [3.63, 3.8) is 0 Å². The Morgan fingerprint density at radius 1 is 1.41 bits per heavy atom. The summed E-state index contributed by atoms with van der Waals surface area (Å²) in [6, 6.07) is 2.32. The van der Waals surface area contributed by atoms with E-state index in [9.17, 15) is 4.79 Å². The van der Waals surface area contributed by atoms with E-state index in [4.69, 9.17) is 0 Å². The van der Waals surface area contributed by atoms with Crippen molar-refractivity contribution in [3.8, 4) is 0 Å². The molecule has 2 aliphatic heterocycles. The van der Waals surface area contributed by atoms with Crippen LogP contribution in [-0.4, -0.2) is 50.4 Å². The molecule has 0 aromatic carbocycles. The van der Waals surface area contributed by atoms with E-state index in [2.05, 4.69) is 39.5 Å². The van der Waals surface area contributed by atoms with Gasteiger partial charge in [-0.05, 0) is 52.4 Å². The second-order valence-electron chi connectivity index (χ2n) is 6.98. The first-order valence-corrected chi connectivity index (χ1v) is 8.55. The van der Waals surface area contributed by atoms with E-state index in [1.54, 1.807) is 6.20 Å². The quantitative estimate of drug-likeness (QED) is 0.838. The van der Waals surface area contributed by atoms with Gasteiger partial charge in [0.05, 0.1) is 11.9 Å². The summed E-state index contributed by atoms with van der Waals surface area (Å²) in [5.41, 5.74) is 0.927. The minimum Gasteiger partial charge on any atom is -0.353 e. The van der Waals surface area contributed by atoms with Gasteiger partial charge < -0.3 is 5.32 Å². The topological polar surface area (TPSA) is 73.9 Å². The Morgan fingerprint density at radius 2 is 2.14 bits per heavy atom. The zero-order chi connectivity index (χ0) is 15.5. The van der Waals surface area contributed by atoms with Gasteiger partial charge in [0, 0.05) is 30.6 Å². The van der Waals surface area contributed by atoms with Crippen molar-refractivity contribution >= 4 is 5.91 Å². The maximum Gasteiger partial charge on any atom is 0.220 e. The number of H-pyrrole nitrogens is 1. The molecule has 1 aromatic heterocycles. The molecule has 22 heavy (non-hydrogen) atoms. The molecule has 2 fully saturated rings. The summed E-state index contributed by atoms with van der Waals surface area (Å²) >= 11 is 0. The molecule has 122 valence electrons. The summed E-state index contributed by atoms with van der Waals surface area (Å²) in [4.78, 5) is 14.8. The van der Waals surface area contributed by atoms with Gasteiger partial charge in [0.1, 0.15) is 0 Å². The highest BCUT2D eigenvalue weighted by atomic mass is 16.1. The molecule has 2 aliphatic rings. The Bertz CT molecular complexity index is 473. The number of carbonyl (C=O) groups is 1. The lowest BCUT2D eigenvalue weighted by atomic mass is 9.95. The molecule has 2 unspecified atom stereocenters. The molecule has 6 heteroatoms. The van der Waals surface area contributed by atoms with Crippen molar-refractivity contribution in [1.29, 1.82) is 0 Å². The summed E-state index contributed by atoms with van der Waals surface area (Å²) in [7, 11) is 0. The van der Waals surface area contributed by atoms with Crippen LogP contribution in [-0.2, 0) is 11.2 Å². The monoisotopic (exact) mass is 305 g/mol. The van der Waals surface area contributed by atoms with Crippen LogP contribution in [0.3, 0.4) is 0 Å². The van der Waals surface area contributed by atoms with E-state index >= 15 is 0 Å². The fourth-order valence-corrected chi connectivity index (χ4v) is 4.25. The van der Waals surface area contributed by atoms with Crippen LogP contribution in [0, 0.1) is 0 Å². The van der Waals surface area contributed by atoms with Crippen molar-refractivity contribution in [1.82, 2.24) is 25.6 Å². The predicted molar refractivity (Wildman–Crippen MR) is 84.3 cm³/mol. The third-order valence-electron chi connectivity index (χ3n) is 5.05. The second kappa shape index (κ2) is 6.77. The van der Waals surface area contributed by atoms with E-state index in [0.717, 1.165) is 31.4 Å². The lowest BCUT2D eigenvalue weighted by molar-refractivity contribution is -0.122. The van der Waals surface area contributed by atoms with E-state index in [1.165, 1.54) is 12.8 Å². The molecule has 0 aliphatic carbocycles. The number of hydrogen-bond acceptors (Lipinski definition) is 4. The van der Waals surface area contributed by atoms with Crippen molar-refractivity contribution in [2.45, 2.75) is 83.0 Å². The van der Waals surface area contributed by atoms with Crippen LogP contribution in [0.2, 0.25) is 0 Å². The van der Waals surface area contributed by atoms with Gasteiger partial charge in [-0.25, -0.2) is 0 Å². The highest BCUT2D eigenvalue weighted by molar-refractivity contribution is 5.76. The fraction of sp³-hybridized carbons (Fsp3) is 0.812. The van der Waals surface area contributed by atoms with Crippen LogP contribution in [0.5, 0.6) is 0 Å². The SMILES string of the molecule is CC(C)N1C2CCC1CC(NC(=O)CCCc1cn[nH]n1)C2. The van der Waals surface area contributed by atoms with Gasteiger partial charge in [-0.1, -0.05) is 0 Å². The predicted octanol–water partition coefficient (Wildman–Crippen LogP) is 1.65. The molecular formula is C16H27N5O. The third kappa shape index (κ3) is 3.48. The van der Waals surface area contributed by atoms with E-state index < -0.39 is 0 Å². The molecule has 2 saturated heterocycles. The molecule has 0 spiro atoms. The Morgan fingerprint density at radius 3 is 2.73 bits per heavy atom. The number of carbonyl (C=O) groups excluding carboxylic acids is 1. The number of piperidine rings is 1. The van der Waals surface area contributed by atoms with Gasteiger partial charge in [-0.15, -0.1) is 0 Å². The smallest absolute Gasteiger partial charge is 0.220 e. The Labute approximate surface area is 132 Å². The summed E-state index contributed by atoms with van der Waals surface area (Å²) in [6.07, 6.45) is 8.75. The Hall–Kier alpha value is -1.43. The molecular weight excluding hydrogens is 278 g/mol. The number of aryl methyl sites for hydroxylation is 1. The van der Waals surface area contributed by atoms with Crippen LogP contribution in [0.15, 0.2) is 6.20 Å². The largest absolute Gasteiger partial charge is 0.353 e. The van der Waals surface area contributed by atoms with Gasteiger partial charge >= 0.3 is 0 Å². The van der Waals surface area contributed by atoms with Crippen LogP contribution < -0.4 is 5.32 Å². The zero-order valence-electron chi connectivity index (χ0n) is 13.6. The van der Waals surface area contributed by atoms with E-state index in [0.29, 0.717) is 30.6 Å². The van der Waals surface area contributed by atoms with Gasteiger partial charge in [-0.3, -0.25) is 9.69 Å². The van der Waals surface area contributed by atoms with Crippen molar-refractivity contribution in [2.24, 2.45) is 0 Å². The molecule has 2 N–H and O–H groups in total. The van der Waals surface area contributed by atoms with Crippen LogP contribution >= 0.6 is 0 Å². The van der Waals surface area contributed by atoms with Crippen LogP contribution in [0.4, 0.5) is 0 Å². The number of amides is 1. The fourth-order valence-electron chi connectivity index (χ4n) is 4.25. The minimum atomic E-state index is 0.186. The first-order valence-electron chi connectivity index (χ1n) is 8.55. The molecule has 3 rings (SSSR count). The standard InChI is InChI=1S/C16H27N5O/c1-11(2)21-14-6-7-15(21)9-13(8-14)18-16(22)5-3-4-12-10-17-20-19-12/h10-11,13-15H,3-9H2,1-2H3,(H,18,22)(H,17,19,20). The number of hydrogen-bond donors (Lipinski definition) is 2. The molecule has 1 aromatic rings. The Kier molecular flexibility index (Phi) is 4.76. The third-order valence-corrected chi connectivity index (χ3v) is 5.05. The summed E-state index contributed by atoms with van der Waals surface area (Å²) in [5.74, 6) is 0.186. The normalized spacial score (nSPS) is 28.2. The van der Waals surface area contributed by atoms with Crippen molar-refractivity contribution < 1.29 is 4.79 Å². The van der Waals surface area contributed by atoms with Gasteiger partial charge in [0.2, 0.25) is 5.91 Å². The van der Waals surface area contributed by atoms with Crippen molar-refractivity contribution in [2.75, 3.05) is 0 Å². The highest BCUT2D eigenvalue weighted by Gasteiger charge is 2.41. The molecule has 2 bridgehead atoms. The van der Waals surface area contributed by atoms with Gasteiger partial charge in [0.25, 0.3) is 0 Å². The maximum atomic E-state index is 12.1. The van der Waals surface area contributed by atoms with Crippen LogP contribution in [0.25, 0.3) is 0 Å². The minimum absolute atomic E-state index is 0.186. The van der Waals surface area contributed by atoms with Gasteiger partial charge in [0.15, 0.2) is 0 Å². The van der Waals surface area contributed by atoms with E-state index in [-0.39, 0.29) is 5.91 Å². The molecule has 0 radical (unpaired) electrons. The number of aromatic amines is 1. The molecule has 2 atom stereocenters. The first-order chi connectivity index (χ1) is 10.6.